The second kappa shape index (κ2) is 8.92. The summed E-state index contributed by atoms with van der Waals surface area (Å²) in [5, 5.41) is 6.49. The molecule has 0 saturated carbocycles. The Morgan fingerprint density at radius 3 is 2.61 bits per heavy atom. The van der Waals surface area contributed by atoms with Crippen LogP contribution in [-0.2, 0) is 4.74 Å². The van der Waals surface area contributed by atoms with E-state index in [0.717, 1.165) is 37.4 Å². The Balaban J connectivity index is 2.84. The molecule has 0 aliphatic heterocycles. The molecule has 0 bridgehead atoms. The molecule has 2 atom stereocenters. The molecule has 2 unspecified atom stereocenters. The molecule has 4 heteroatoms. The van der Waals surface area contributed by atoms with Gasteiger partial charge in [0, 0.05) is 11.5 Å². The van der Waals surface area contributed by atoms with Gasteiger partial charge in [0.2, 0.25) is 0 Å². The molecule has 0 aromatic carbocycles. The van der Waals surface area contributed by atoms with Crippen molar-refractivity contribution in [2.24, 2.45) is 0 Å². The van der Waals surface area contributed by atoms with Crippen molar-refractivity contribution < 1.29 is 4.74 Å². The number of thiophene rings is 1. The molecule has 104 valence electrons. The summed E-state index contributed by atoms with van der Waals surface area (Å²) in [6, 6.07) is 2.19. The van der Waals surface area contributed by atoms with Crippen molar-refractivity contribution >= 4 is 22.9 Å². The minimum Gasteiger partial charge on any atom is -0.376 e. The molecule has 2 nitrogen and oxygen atoms in total. The number of nitrogens with one attached hydrogen (secondary N) is 1. The van der Waals surface area contributed by atoms with Gasteiger partial charge in [-0.3, -0.25) is 0 Å². The zero-order valence-corrected chi connectivity index (χ0v) is 13.1. The first-order valence-corrected chi connectivity index (χ1v) is 8.08. The summed E-state index contributed by atoms with van der Waals surface area (Å²) in [7, 11) is 0. The standard InChI is InChI=1S/C14H24ClNOS/c1-4-7-12(17-6-3)13(16-9-5-2)14-11(15)8-10-18-14/h8,10,12-13,16H,4-7,9H2,1-3H3. The smallest absolute Gasteiger partial charge is 0.0778 e. The van der Waals surface area contributed by atoms with E-state index in [1.165, 1.54) is 4.88 Å². The van der Waals surface area contributed by atoms with Crippen LogP contribution in [0.5, 0.6) is 0 Å². The van der Waals surface area contributed by atoms with Crippen LogP contribution >= 0.6 is 22.9 Å². The van der Waals surface area contributed by atoms with Gasteiger partial charge in [0.15, 0.2) is 0 Å². The largest absolute Gasteiger partial charge is 0.376 e. The highest BCUT2D eigenvalue weighted by atomic mass is 35.5. The van der Waals surface area contributed by atoms with Crippen LogP contribution in [0.25, 0.3) is 0 Å². The van der Waals surface area contributed by atoms with E-state index in [2.05, 4.69) is 26.1 Å². The Morgan fingerprint density at radius 2 is 2.11 bits per heavy atom. The second-order valence-electron chi connectivity index (χ2n) is 4.35. The maximum atomic E-state index is 6.27. The van der Waals surface area contributed by atoms with Gasteiger partial charge in [0.25, 0.3) is 0 Å². The Morgan fingerprint density at radius 1 is 1.33 bits per heavy atom. The molecule has 0 radical (unpaired) electrons. The fourth-order valence-electron chi connectivity index (χ4n) is 2.06. The van der Waals surface area contributed by atoms with Crippen molar-refractivity contribution in [3.8, 4) is 0 Å². The maximum absolute atomic E-state index is 6.27. The van der Waals surface area contributed by atoms with E-state index in [1.54, 1.807) is 11.3 Å². The van der Waals surface area contributed by atoms with Crippen molar-refractivity contribution in [2.75, 3.05) is 13.2 Å². The predicted molar refractivity (Wildman–Crippen MR) is 80.7 cm³/mol. The average molecular weight is 290 g/mol. The highest BCUT2D eigenvalue weighted by molar-refractivity contribution is 7.10. The van der Waals surface area contributed by atoms with E-state index < -0.39 is 0 Å². The second-order valence-corrected chi connectivity index (χ2v) is 5.70. The van der Waals surface area contributed by atoms with E-state index in [4.69, 9.17) is 16.3 Å². The first kappa shape index (κ1) is 16.0. The molecule has 0 saturated heterocycles. The summed E-state index contributed by atoms with van der Waals surface area (Å²) in [5.74, 6) is 0. The van der Waals surface area contributed by atoms with Crippen LogP contribution in [0.4, 0.5) is 0 Å². The molecule has 18 heavy (non-hydrogen) atoms. The summed E-state index contributed by atoms with van der Waals surface area (Å²) < 4.78 is 5.91. The zero-order chi connectivity index (χ0) is 13.4. The third-order valence-electron chi connectivity index (χ3n) is 2.87. The van der Waals surface area contributed by atoms with Crippen LogP contribution < -0.4 is 5.32 Å². The fourth-order valence-corrected chi connectivity index (χ4v) is 3.37. The van der Waals surface area contributed by atoms with Gasteiger partial charge in [-0.2, -0.15) is 0 Å². The lowest BCUT2D eigenvalue weighted by atomic mass is 10.0. The first-order chi connectivity index (χ1) is 8.74. The Kier molecular flexibility index (Phi) is 7.91. The average Bonchev–Trinajstić information content (AvgIpc) is 2.77. The summed E-state index contributed by atoms with van der Waals surface area (Å²) in [6.45, 7) is 8.16. The molecule has 0 amide bonds. The molecule has 0 aliphatic carbocycles. The van der Waals surface area contributed by atoms with E-state index in [0.29, 0.717) is 0 Å². The number of halogens is 1. The van der Waals surface area contributed by atoms with Gasteiger partial charge in [-0.25, -0.2) is 0 Å². The van der Waals surface area contributed by atoms with Gasteiger partial charge < -0.3 is 10.1 Å². The van der Waals surface area contributed by atoms with Crippen LogP contribution in [0.3, 0.4) is 0 Å². The van der Waals surface area contributed by atoms with E-state index in [1.807, 2.05) is 11.4 Å². The van der Waals surface area contributed by atoms with E-state index >= 15 is 0 Å². The van der Waals surface area contributed by atoms with Crippen molar-refractivity contribution in [1.82, 2.24) is 5.32 Å². The molecule has 1 heterocycles. The topological polar surface area (TPSA) is 21.3 Å². The van der Waals surface area contributed by atoms with Crippen LogP contribution in [0.15, 0.2) is 11.4 Å². The lowest BCUT2D eigenvalue weighted by Gasteiger charge is -2.27. The Hall–Kier alpha value is -0.0900. The van der Waals surface area contributed by atoms with E-state index in [9.17, 15) is 0 Å². The van der Waals surface area contributed by atoms with Gasteiger partial charge in [0.1, 0.15) is 0 Å². The highest BCUT2D eigenvalue weighted by Gasteiger charge is 2.25. The molecule has 0 aliphatic rings. The van der Waals surface area contributed by atoms with Crippen molar-refractivity contribution in [1.29, 1.82) is 0 Å². The molecule has 1 rings (SSSR count). The minimum atomic E-state index is 0.211. The predicted octanol–water partition coefficient (Wildman–Crippen LogP) is 4.65. The summed E-state index contributed by atoms with van der Waals surface area (Å²) in [4.78, 5) is 1.21. The van der Waals surface area contributed by atoms with Gasteiger partial charge in [-0.1, -0.05) is 31.9 Å². The lowest BCUT2D eigenvalue weighted by molar-refractivity contribution is 0.0285. The Bertz CT molecular complexity index is 323. The number of ether oxygens (including phenoxy) is 1. The molecule has 0 fully saturated rings. The number of hydrogen-bond donors (Lipinski definition) is 1. The zero-order valence-electron chi connectivity index (χ0n) is 11.5. The van der Waals surface area contributed by atoms with Gasteiger partial charge >= 0.3 is 0 Å². The highest BCUT2D eigenvalue weighted by Crippen LogP contribution is 2.33. The SMILES string of the molecule is CCCNC(c1sccc1Cl)C(CCC)OCC. The summed E-state index contributed by atoms with van der Waals surface area (Å²) in [5.41, 5.74) is 0. The van der Waals surface area contributed by atoms with Crippen LogP contribution in [0, 0.1) is 0 Å². The van der Waals surface area contributed by atoms with Crippen molar-refractivity contribution in [3.63, 3.8) is 0 Å². The lowest BCUT2D eigenvalue weighted by Crippen LogP contribution is -2.34. The van der Waals surface area contributed by atoms with Crippen molar-refractivity contribution in [2.45, 2.75) is 52.2 Å². The molecule has 0 spiro atoms. The van der Waals surface area contributed by atoms with Crippen LogP contribution in [0.1, 0.15) is 51.0 Å². The van der Waals surface area contributed by atoms with Gasteiger partial charge in [0.05, 0.1) is 17.2 Å². The van der Waals surface area contributed by atoms with Crippen molar-refractivity contribution in [3.05, 3.63) is 21.3 Å². The van der Waals surface area contributed by atoms with Gasteiger partial charge in [-0.05, 0) is 37.8 Å². The third-order valence-corrected chi connectivity index (χ3v) is 4.31. The maximum Gasteiger partial charge on any atom is 0.0778 e. The molecule has 1 N–H and O–H groups in total. The van der Waals surface area contributed by atoms with Crippen LogP contribution in [-0.4, -0.2) is 19.3 Å². The molecular formula is C14H24ClNOS. The summed E-state index contributed by atoms with van der Waals surface area (Å²) in [6.07, 6.45) is 3.51. The first-order valence-electron chi connectivity index (χ1n) is 6.82. The Labute approximate surface area is 120 Å². The number of rotatable bonds is 9. The monoisotopic (exact) mass is 289 g/mol. The van der Waals surface area contributed by atoms with Crippen LogP contribution in [0.2, 0.25) is 5.02 Å². The normalized spacial score (nSPS) is 14.7. The minimum absolute atomic E-state index is 0.211. The number of hydrogen-bond acceptors (Lipinski definition) is 3. The molecular weight excluding hydrogens is 266 g/mol. The van der Waals surface area contributed by atoms with Gasteiger partial charge in [-0.15, -0.1) is 11.3 Å². The molecule has 1 aromatic rings. The quantitative estimate of drug-likeness (QED) is 0.714. The van der Waals surface area contributed by atoms with E-state index in [-0.39, 0.29) is 12.1 Å². The fraction of sp³-hybridized carbons (Fsp3) is 0.714. The third kappa shape index (κ3) is 4.54. The molecule has 1 aromatic heterocycles. The summed E-state index contributed by atoms with van der Waals surface area (Å²) >= 11 is 7.99.